The molecule has 6 fully saturated rings. The molecule has 5 aromatic rings. The molecule has 0 spiro atoms. The number of likely N-dealkylation sites (tertiary alicyclic amines) is 3. The number of nitriles is 1. The lowest BCUT2D eigenvalue weighted by atomic mass is 10.0. The summed E-state index contributed by atoms with van der Waals surface area (Å²) in [5, 5.41) is 37.3. The average molecular weight is 1290 g/mol. The Morgan fingerprint density at radius 1 is 0.568 bits per heavy atom. The summed E-state index contributed by atoms with van der Waals surface area (Å²) in [5.74, 6) is 5.74. The zero-order valence-corrected chi connectivity index (χ0v) is 54.5. The topological polar surface area (TPSA) is 226 Å². The first-order chi connectivity index (χ1) is 41.4. The van der Waals surface area contributed by atoms with Crippen molar-refractivity contribution in [3.05, 3.63) is 130 Å². The van der Waals surface area contributed by atoms with E-state index in [1.807, 2.05) is 96.1 Å². The molecule has 88 heavy (non-hydrogen) atoms. The lowest BCUT2D eigenvalue weighted by molar-refractivity contribution is 0.0281. The Kier molecular flexibility index (Phi) is 28.6. The van der Waals surface area contributed by atoms with E-state index in [2.05, 4.69) is 117 Å². The van der Waals surface area contributed by atoms with Gasteiger partial charge in [0.25, 0.3) is 0 Å². The summed E-state index contributed by atoms with van der Waals surface area (Å²) in [6, 6.07) is 32.5. The van der Waals surface area contributed by atoms with Gasteiger partial charge in [-0.25, -0.2) is 19.2 Å². The van der Waals surface area contributed by atoms with Gasteiger partial charge < -0.3 is 45.6 Å². The summed E-state index contributed by atoms with van der Waals surface area (Å²) in [5.41, 5.74) is 6.13. The van der Waals surface area contributed by atoms with Crippen molar-refractivity contribution in [2.45, 2.75) is 105 Å². The largest absolute Gasteiger partial charge is 0.444 e. The molecule has 0 bridgehead atoms. The molecule has 5 amide bonds. The Balaban J connectivity index is 0.000000207. The number of nitrogens with zero attached hydrogens (tertiary/aromatic N) is 10. The molecule has 23 heteroatoms. The van der Waals surface area contributed by atoms with E-state index in [1.54, 1.807) is 25.1 Å². The summed E-state index contributed by atoms with van der Waals surface area (Å²) < 4.78 is 5.35. The van der Waals surface area contributed by atoms with Crippen LogP contribution in [0.4, 0.5) is 37.3 Å². The van der Waals surface area contributed by atoms with Gasteiger partial charge in [-0.1, -0.05) is 109 Å². The van der Waals surface area contributed by atoms with Gasteiger partial charge in [0, 0.05) is 102 Å². The molecule has 0 saturated carbocycles. The highest BCUT2D eigenvalue weighted by atomic mass is 35.5. The Morgan fingerprint density at radius 3 is 1.27 bits per heavy atom. The summed E-state index contributed by atoms with van der Waals surface area (Å²) >= 11 is 20.8. The fourth-order valence-corrected chi connectivity index (χ4v) is 11.0. The van der Waals surface area contributed by atoms with Crippen molar-refractivity contribution < 1.29 is 23.9 Å². The number of nitrogens with one attached hydrogen (secondary N) is 4. The number of amides is 5. The number of aromatic nitrogens is 4. The standard InChI is InChI=1S/C21H24N6O.C16H23N3O.C11H20N2O2.C10H11NO.C4H2Cl2N2.C2H4Cl2.CH4/c1-14(2)15-3-5-18(6-4-15)23-21(28)27-12-16-10-26(11-17(16)13-27)20-8-7-19(9-22)24-25-20;1-11(2)12-3-5-15(6-4-12)18-16(20)19-9-13-7-17-8-14(13)10-19;1-11(2,3)15-10(14)13-6-8-4-12-5-9(8)7-13;1-8(2)9-3-5-10(6-4-9)11-7-12;5-3-1-2-4(6)8-7-3;1-2(3)4;/h3-8,14,16-17H,10-13H2,1-2H3,(H,23,28);3-6,11,13-14,17H,7-10H2,1-2H3,(H,18,20);8-9,12H,4-7H2,1-3H3;3-6,8H,1-2H3;1-2H;2H,1H3;1H4. The molecule has 2 aromatic heterocycles. The highest BCUT2D eigenvalue weighted by Crippen LogP contribution is 2.34. The molecule has 6 unspecified atom stereocenters. The zero-order valence-electron chi connectivity index (χ0n) is 51.5. The summed E-state index contributed by atoms with van der Waals surface area (Å²) in [7, 11) is 0. The third kappa shape index (κ3) is 23.1. The zero-order chi connectivity index (χ0) is 63.4. The summed E-state index contributed by atoms with van der Waals surface area (Å²) in [6.45, 7) is 31.2. The number of urea groups is 2. The number of alkyl halides is 2. The summed E-state index contributed by atoms with van der Waals surface area (Å²) in [6.07, 6.45) is 1.35. The van der Waals surface area contributed by atoms with Crippen LogP contribution in [-0.4, -0.2) is 148 Å². The van der Waals surface area contributed by atoms with Crippen LogP contribution < -0.4 is 26.2 Å². The molecule has 19 nitrogen and oxygen atoms in total. The normalized spacial score (nSPS) is 20.1. The number of hydrogen-bond donors (Lipinski definition) is 4. The second kappa shape index (κ2) is 35.0. The number of benzene rings is 3. The van der Waals surface area contributed by atoms with Crippen LogP contribution in [0, 0.1) is 46.8 Å². The van der Waals surface area contributed by atoms with Crippen LogP contribution in [0.2, 0.25) is 10.3 Å². The molecule has 4 N–H and O–H groups in total. The van der Waals surface area contributed by atoms with E-state index in [-0.39, 0.29) is 36.0 Å². The monoisotopic (exact) mass is 1280 g/mol. The van der Waals surface area contributed by atoms with E-state index in [4.69, 9.17) is 56.4 Å². The fraction of sp³-hybridized carbons (Fsp3) is 0.523. The van der Waals surface area contributed by atoms with Crippen molar-refractivity contribution in [1.82, 2.24) is 45.7 Å². The molecule has 6 aliphatic heterocycles. The predicted octanol–water partition coefficient (Wildman–Crippen LogP) is 13.6. The molecule has 0 aliphatic carbocycles. The van der Waals surface area contributed by atoms with E-state index < -0.39 is 0 Å². The van der Waals surface area contributed by atoms with E-state index in [0.29, 0.717) is 74.9 Å². The first-order valence-electron chi connectivity index (χ1n) is 29.7. The fourth-order valence-electron chi connectivity index (χ4n) is 10.8. The molecule has 6 aliphatic rings. The first-order valence-corrected chi connectivity index (χ1v) is 31.3. The second-order valence-electron chi connectivity index (χ2n) is 24.4. The number of carbonyl (C=O) groups is 3. The maximum atomic E-state index is 12.6. The van der Waals surface area contributed by atoms with Crippen LogP contribution in [-0.2, 0) is 9.53 Å². The van der Waals surface area contributed by atoms with Gasteiger partial charge >= 0.3 is 18.2 Å². The quantitative estimate of drug-likeness (QED) is 0.0676. The van der Waals surface area contributed by atoms with Gasteiger partial charge in [-0.3, -0.25) is 0 Å². The van der Waals surface area contributed by atoms with Crippen molar-refractivity contribution >= 4 is 93.5 Å². The van der Waals surface area contributed by atoms with Crippen LogP contribution in [0.25, 0.3) is 0 Å². The number of rotatable bonds is 7. The van der Waals surface area contributed by atoms with Crippen LogP contribution in [0.15, 0.2) is 102 Å². The maximum Gasteiger partial charge on any atom is 0.410 e. The Morgan fingerprint density at radius 2 is 0.943 bits per heavy atom. The third-order valence-corrected chi connectivity index (χ3v) is 16.0. The third-order valence-electron chi connectivity index (χ3n) is 15.6. The second-order valence-corrected chi connectivity index (χ2v) is 26.7. The minimum atomic E-state index is -0.382. The van der Waals surface area contributed by atoms with Crippen molar-refractivity contribution in [3.8, 4) is 6.07 Å². The molecular formula is C65H88Cl4N14O5. The van der Waals surface area contributed by atoms with Crippen LogP contribution in [0.1, 0.15) is 117 Å². The van der Waals surface area contributed by atoms with E-state index in [9.17, 15) is 19.2 Å². The van der Waals surface area contributed by atoms with E-state index in [1.165, 1.54) is 22.8 Å². The average Bonchev–Trinajstić information content (AvgIpc) is 4.41. The van der Waals surface area contributed by atoms with Gasteiger partial charge in [-0.05, 0) is 146 Å². The number of anilines is 3. The molecule has 8 heterocycles. The van der Waals surface area contributed by atoms with E-state index >= 15 is 0 Å². The highest BCUT2D eigenvalue weighted by Gasteiger charge is 2.43. The maximum absolute atomic E-state index is 12.6. The number of hydrogen-bond acceptors (Lipinski definition) is 14. The number of isocyanates is 1. The number of aliphatic imine (C=N–C) groups is 1. The number of carbonyl (C=O) groups excluding carboxylic acids is 4. The SMILES string of the molecule is C.CC(C)(C)OC(=O)N1CC2CNCC2C1.CC(C)c1ccc(N=C=O)cc1.CC(C)c1ccc(NC(=O)N2CC3CN(c4ccc(C#N)nn4)CC3C2)cc1.CC(C)c1ccc(NC(=O)N2CC3CNCC3C2)cc1.CC(Cl)Cl.Clc1ccc(Cl)nn1. The molecular weight excluding hydrogens is 1200 g/mol. The molecule has 0 radical (unpaired) electrons. The summed E-state index contributed by atoms with van der Waals surface area (Å²) in [4.78, 5) is 57.8. The van der Waals surface area contributed by atoms with Crippen molar-refractivity contribution in [1.29, 1.82) is 5.26 Å². The van der Waals surface area contributed by atoms with Crippen molar-refractivity contribution in [3.63, 3.8) is 0 Å². The van der Waals surface area contributed by atoms with Gasteiger partial charge in [0.05, 0.1) is 5.69 Å². The lowest BCUT2D eigenvalue weighted by Crippen LogP contribution is -2.36. The molecule has 11 rings (SSSR count). The Labute approximate surface area is 540 Å². The Hall–Kier alpha value is -6.62. The Bertz CT molecular complexity index is 2990. The molecule has 6 saturated heterocycles. The highest BCUT2D eigenvalue weighted by molar-refractivity contribution is 6.43. The minimum absolute atomic E-state index is 0. The number of halogens is 4. The van der Waals surface area contributed by atoms with Crippen molar-refractivity contribution in [2.24, 2.45) is 40.5 Å². The van der Waals surface area contributed by atoms with Gasteiger partial charge in [0.15, 0.2) is 21.8 Å². The van der Waals surface area contributed by atoms with Crippen molar-refractivity contribution in [2.75, 3.05) is 94.1 Å². The van der Waals surface area contributed by atoms with E-state index in [0.717, 1.165) is 95.7 Å². The van der Waals surface area contributed by atoms with Crippen LogP contribution >= 0.6 is 46.4 Å². The van der Waals surface area contributed by atoms with Crippen LogP contribution in [0.3, 0.4) is 0 Å². The molecule has 6 atom stereocenters. The van der Waals surface area contributed by atoms with Gasteiger partial charge in [0.2, 0.25) is 6.08 Å². The number of ether oxygens (including phenoxy) is 1. The molecule has 476 valence electrons. The van der Waals surface area contributed by atoms with Gasteiger partial charge in [0.1, 0.15) is 16.5 Å². The lowest BCUT2D eigenvalue weighted by Gasteiger charge is -2.24. The van der Waals surface area contributed by atoms with Gasteiger partial charge in [-0.15, -0.1) is 43.6 Å². The van der Waals surface area contributed by atoms with Gasteiger partial charge in [-0.2, -0.15) is 10.3 Å². The smallest absolute Gasteiger partial charge is 0.410 e. The first kappa shape index (κ1) is 72.1. The minimum Gasteiger partial charge on any atom is -0.444 e. The molecule has 3 aromatic carbocycles. The number of fused-ring (bicyclic) bond motifs is 3. The predicted molar refractivity (Wildman–Crippen MR) is 354 cm³/mol. The van der Waals surface area contributed by atoms with Crippen LogP contribution in [0.5, 0.6) is 0 Å².